The summed E-state index contributed by atoms with van der Waals surface area (Å²) in [5, 5.41) is 6.65. The Hall–Kier alpha value is -2.37. The maximum absolute atomic E-state index is 11.9. The summed E-state index contributed by atoms with van der Waals surface area (Å²) < 4.78 is 0. The first-order valence-electron chi connectivity index (χ1n) is 8.47. The van der Waals surface area contributed by atoms with Crippen LogP contribution in [0.5, 0.6) is 0 Å². The van der Waals surface area contributed by atoms with E-state index in [0.29, 0.717) is 0 Å². The summed E-state index contributed by atoms with van der Waals surface area (Å²) in [5.74, 6) is -1.33. The molecule has 6 heteroatoms. The number of benzene rings is 1. The van der Waals surface area contributed by atoms with Crippen molar-refractivity contribution in [1.29, 1.82) is 0 Å². The summed E-state index contributed by atoms with van der Waals surface area (Å²) in [4.78, 5) is 25.7. The first kappa shape index (κ1) is 18.0. The van der Waals surface area contributed by atoms with E-state index in [-0.39, 0.29) is 6.04 Å². The standard InChI is InChI=1S/C18H26N4O2/c1-22(2)16-11-9-14(10-12-16)13-19-21-18(24)17(23)20-15-7-5-3-4-6-8-15/h9-13,15H,3-8H2,1-2H3,(H,20,23)(H,21,24)/b19-13+. The first-order chi connectivity index (χ1) is 11.6. The third-order valence-corrected chi connectivity index (χ3v) is 4.19. The second-order valence-corrected chi connectivity index (χ2v) is 6.35. The molecule has 24 heavy (non-hydrogen) atoms. The van der Waals surface area contributed by atoms with Gasteiger partial charge in [-0.2, -0.15) is 5.10 Å². The van der Waals surface area contributed by atoms with Crippen molar-refractivity contribution in [3.8, 4) is 0 Å². The molecule has 2 amide bonds. The average Bonchev–Trinajstić information content (AvgIpc) is 2.83. The molecule has 1 aliphatic rings. The Kier molecular flexibility index (Phi) is 6.78. The Morgan fingerprint density at radius 2 is 1.67 bits per heavy atom. The molecule has 0 bridgehead atoms. The second-order valence-electron chi connectivity index (χ2n) is 6.35. The van der Waals surface area contributed by atoms with Gasteiger partial charge in [0.2, 0.25) is 0 Å². The van der Waals surface area contributed by atoms with Gasteiger partial charge in [0, 0.05) is 25.8 Å². The number of amides is 2. The molecule has 0 atom stereocenters. The van der Waals surface area contributed by atoms with Crippen LogP contribution in [0.4, 0.5) is 5.69 Å². The lowest BCUT2D eigenvalue weighted by atomic mass is 10.1. The van der Waals surface area contributed by atoms with Crippen LogP contribution in [0.25, 0.3) is 0 Å². The van der Waals surface area contributed by atoms with Crippen LogP contribution >= 0.6 is 0 Å². The molecule has 0 aliphatic heterocycles. The van der Waals surface area contributed by atoms with E-state index in [2.05, 4.69) is 15.8 Å². The third-order valence-electron chi connectivity index (χ3n) is 4.19. The van der Waals surface area contributed by atoms with Crippen LogP contribution in [0.15, 0.2) is 29.4 Å². The number of carbonyl (C=O) groups excluding carboxylic acids is 2. The van der Waals surface area contributed by atoms with Crippen molar-refractivity contribution in [3.05, 3.63) is 29.8 Å². The zero-order valence-corrected chi connectivity index (χ0v) is 14.4. The Morgan fingerprint density at radius 3 is 2.25 bits per heavy atom. The molecular formula is C18H26N4O2. The van der Waals surface area contributed by atoms with Gasteiger partial charge in [-0.15, -0.1) is 0 Å². The second kappa shape index (κ2) is 9.05. The van der Waals surface area contributed by atoms with E-state index in [1.807, 2.05) is 43.3 Å². The number of hydrogen-bond acceptors (Lipinski definition) is 4. The van der Waals surface area contributed by atoms with Crippen molar-refractivity contribution < 1.29 is 9.59 Å². The van der Waals surface area contributed by atoms with Gasteiger partial charge in [-0.3, -0.25) is 9.59 Å². The van der Waals surface area contributed by atoms with E-state index in [0.717, 1.165) is 36.9 Å². The largest absolute Gasteiger partial charge is 0.378 e. The first-order valence-corrected chi connectivity index (χ1v) is 8.47. The van der Waals surface area contributed by atoms with Crippen molar-refractivity contribution in [1.82, 2.24) is 10.7 Å². The van der Waals surface area contributed by atoms with Gasteiger partial charge in [0.15, 0.2) is 0 Å². The minimum absolute atomic E-state index is 0.105. The predicted octanol–water partition coefficient (Wildman–Crippen LogP) is 2.04. The monoisotopic (exact) mass is 330 g/mol. The molecule has 1 fully saturated rings. The number of nitrogens with one attached hydrogen (secondary N) is 2. The fourth-order valence-electron chi connectivity index (χ4n) is 2.75. The van der Waals surface area contributed by atoms with Crippen molar-refractivity contribution in [2.45, 2.75) is 44.6 Å². The van der Waals surface area contributed by atoms with Gasteiger partial charge in [-0.1, -0.05) is 37.8 Å². The highest BCUT2D eigenvalue weighted by molar-refractivity contribution is 6.35. The maximum Gasteiger partial charge on any atom is 0.329 e. The molecule has 0 heterocycles. The Bertz CT molecular complexity index is 573. The van der Waals surface area contributed by atoms with Crippen molar-refractivity contribution in [3.63, 3.8) is 0 Å². The van der Waals surface area contributed by atoms with Crippen LogP contribution in [0.1, 0.15) is 44.1 Å². The summed E-state index contributed by atoms with van der Waals surface area (Å²) in [6, 6.07) is 7.82. The molecule has 1 aliphatic carbocycles. The van der Waals surface area contributed by atoms with E-state index >= 15 is 0 Å². The fourth-order valence-corrected chi connectivity index (χ4v) is 2.75. The van der Waals surface area contributed by atoms with Crippen LogP contribution in [0.3, 0.4) is 0 Å². The maximum atomic E-state index is 11.9. The molecule has 1 aromatic rings. The van der Waals surface area contributed by atoms with Gasteiger partial charge >= 0.3 is 11.8 Å². The van der Waals surface area contributed by atoms with Crippen LogP contribution in [-0.2, 0) is 9.59 Å². The number of nitrogens with zero attached hydrogens (tertiary/aromatic N) is 2. The quantitative estimate of drug-likeness (QED) is 0.384. The van der Waals surface area contributed by atoms with Gasteiger partial charge in [0.1, 0.15) is 0 Å². The highest BCUT2D eigenvalue weighted by Crippen LogP contribution is 2.17. The summed E-state index contributed by atoms with van der Waals surface area (Å²) in [6.07, 6.45) is 8.03. The molecule has 2 N–H and O–H groups in total. The van der Waals surface area contributed by atoms with Gasteiger partial charge in [-0.05, 0) is 30.5 Å². The van der Waals surface area contributed by atoms with E-state index in [4.69, 9.17) is 0 Å². The van der Waals surface area contributed by atoms with E-state index in [1.54, 1.807) is 0 Å². The minimum atomic E-state index is -0.722. The highest BCUT2D eigenvalue weighted by atomic mass is 16.2. The zero-order valence-electron chi connectivity index (χ0n) is 14.4. The molecular weight excluding hydrogens is 304 g/mol. The molecule has 1 aromatic carbocycles. The molecule has 0 saturated heterocycles. The third kappa shape index (κ3) is 5.68. The number of hydrogen-bond donors (Lipinski definition) is 2. The molecule has 0 aromatic heterocycles. The molecule has 0 unspecified atom stereocenters. The van der Waals surface area contributed by atoms with Gasteiger partial charge in [0.25, 0.3) is 0 Å². The van der Waals surface area contributed by atoms with Gasteiger partial charge in [-0.25, -0.2) is 5.43 Å². The molecule has 2 rings (SSSR count). The Labute approximate surface area is 143 Å². The van der Waals surface area contributed by atoms with E-state index in [1.165, 1.54) is 19.1 Å². The lowest BCUT2D eigenvalue weighted by Gasteiger charge is -2.15. The van der Waals surface area contributed by atoms with Crippen LogP contribution < -0.4 is 15.6 Å². The lowest BCUT2D eigenvalue weighted by molar-refractivity contribution is -0.139. The number of hydrazone groups is 1. The van der Waals surface area contributed by atoms with E-state index in [9.17, 15) is 9.59 Å². The molecule has 6 nitrogen and oxygen atoms in total. The normalized spacial score (nSPS) is 15.8. The van der Waals surface area contributed by atoms with Crippen LogP contribution in [-0.4, -0.2) is 38.2 Å². The Balaban J connectivity index is 1.79. The van der Waals surface area contributed by atoms with Crippen molar-refractivity contribution in [2.75, 3.05) is 19.0 Å². The SMILES string of the molecule is CN(C)c1ccc(/C=N/NC(=O)C(=O)NC2CCCCCC2)cc1. The highest BCUT2D eigenvalue weighted by Gasteiger charge is 2.19. The summed E-state index contributed by atoms with van der Waals surface area (Å²) in [5.41, 5.74) is 4.22. The fraction of sp³-hybridized carbons (Fsp3) is 0.500. The van der Waals surface area contributed by atoms with Crippen molar-refractivity contribution in [2.24, 2.45) is 5.10 Å². The van der Waals surface area contributed by atoms with Crippen LogP contribution in [0.2, 0.25) is 0 Å². The smallest absolute Gasteiger partial charge is 0.329 e. The lowest BCUT2D eigenvalue weighted by Crippen LogP contribution is -2.43. The van der Waals surface area contributed by atoms with Crippen LogP contribution in [0, 0.1) is 0 Å². The summed E-state index contributed by atoms with van der Waals surface area (Å²) in [6.45, 7) is 0. The van der Waals surface area contributed by atoms with Crippen molar-refractivity contribution >= 4 is 23.7 Å². The molecule has 0 spiro atoms. The summed E-state index contributed by atoms with van der Waals surface area (Å²) in [7, 11) is 3.94. The predicted molar refractivity (Wildman–Crippen MR) is 96.1 cm³/mol. The Morgan fingerprint density at radius 1 is 1.04 bits per heavy atom. The number of anilines is 1. The number of rotatable bonds is 4. The molecule has 130 valence electrons. The number of carbonyl (C=O) groups is 2. The zero-order chi connectivity index (χ0) is 17.4. The van der Waals surface area contributed by atoms with Gasteiger partial charge < -0.3 is 10.2 Å². The summed E-state index contributed by atoms with van der Waals surface area (Å²) >= 11 is 0. The van der Waals surface area contributed by atoms with E-state index < -0.39 is 11.8 Å². The average molecular weight is 330 g/mol. The minimum Gasteiger partial charge on any atom is -0.378 e. The topological polar surface area (TPSA) is 73.8 Å². The molecule has 0 radical (unpaired) electrons. The van der Waals surface area contributed by atoms with Gasteiger partial charge in [0.05, 0.1) is 6.21 Å². The molecule has 1 saturated carbocycles.